The fourth-order valence-corrected chi connectivity index (χ4v) is 4.23. The molecule has 1 aromatic heterocycles. The van der Waals surface area contributed by atoms with Crippen molar-refractivity contribution >= 4 is 39.7 Å². The minimum absolute atomic E-state index is 0.285. The van der Waals surface area contributed by atoms with Gasteiger partial charge in [-0.25, -0.2) is 0 Å². The number of allylic oxidation sites excluding steroid dienone is 1. The highest BCUT2D eigenvalue weighted by Gasteiger charge is 2.31. The molecule has 0 amide bonds. The van der Waals surface area contributed by atoms with Gasteiger partial charge in [0.15, 0.2) is 6.23 Å². The monoisotopic (exact) mass is 396 g/mol. The van der Waals surface area contributed by atoms with Crippen LogP contribution in [0, 0.1) is 6.92 Å². The fourth-order valence-electron chi connectivity index (χ4n) is 2.79. The van der Waals surface area contributed by atoms with Crippen LogP contribution in [0.4, 0.5) is 0 Å². The van der Waals surface area contributed by atoms with E-state index in [1.54, 1.807) is 36.2 Å². The van der Waals surface area contributed by atoms with Crippen molar-refractivity contribution in [3.05, 3.63) is 68.5 Å². The van der Waals surface area contributed by atoms with Crippen molar-refractivity contribution in [3.63, 3.8) is 0 Å². The Morgan fingerprint density at radius 3 is 2.72 bits per heavy atom. The summed E-state index contributed by atoms with van der Waals surface area (Å²) < 4.78 is 0. The lowest BCUT2D eigenvalue weighted by Gasteiger charge is -2.26. The Balaban J connectivity index is 1.91. The first-order valence-electron chi connectivity index (χ1n) is 7.70. The van der Waals surface area contributed by atoms with Crippen LogP contribution in [-0.4, -0.2) is 27.0 Å². The van der Waals surface area contributed by atoms with Gasteiger partial charge < -0.3 is 15.1 Å². The maximum absolute atomic E-state index is 11.1. The molecule has 0 saturated carbocycles. The summed E-state index contributed by atoms with van der Waals surface area (Å²) in [4.78, 5) is 7.43. The average molecular weight is 397 g/mol. The van der Waals surface area contributed by atoms with Gasteiger partial charge in [-0.15, -0.1) is 11.3 Å². The molecule has 0 saturated heterocycles. The lowest BCUT2D eigenvalue weighted by atomic mass is 9.88. The third kappa shape index (κ3) is 3.76. The van der Waals surface area contributed by atoms with Gasteiger partial charge in [-0.3, -0.25) is 4.99 Å². The van der Waals surface area contributed by atoms with Gasteiger partial charge in [0.1, 0.15) is 17.4 Å². The van der Waals surface area contributed by atoms with E-state index in [4.69, 9.17) is 23.2 Å². The molecule has 1 aliphatic rings. The summed E-state index contributed by atoms with van der Waals surface area (Å²) in [5.41, 5.74) is 0.246. The quantitative estimate of drug-likeness (QED) is 0.805. The van der Waals surface area contributed by atoms with Crippen LogP contribution in [-0.2, 0) is 5.60 Å². The largest absolute Gasteiger partial charge is 0.381 e. The van der Waals surface area contributed by atoms with Gasteiger partial charge in [0.2, 0.25) is 0 Å². The van der Waals surface area contributed by atoms with Crippen molar-refractivity contribution < 1.29 is 10.2 Å². The zero-order valence-electron chi connectivity index (χ0n) is 13.8. The van der Waals surface area contributed by atoms with Crippen LogP contribution in [0.25, 0.3) is 0 Å². The molecule has 2 N–H and O–H groups in total. The molecule has 0 fully saturated rings. The zero-order valence-corrected chi connectivity index (χ0v) is 16.1. The maximum Gasteiger partial charge on any atom is 0.163 e. The molecule has 0 spiro atoms. The molecule has 7 heteroatoms. The second kappa shape index (κ2) is 7.09. The number of rotatable bonds is 4. The SMILES string of the molecule is Cc1sc([C@H](O)N2C=CC(Cl)=NC2)cc1[C@@](C)(O)c1cccc(Cl)c1. The van der Waals surface area contributed by atoms with E-state index >= 15 is 0 Å². The molecule has 2 heterocycles. The van der Waals surface area contributed by atoms with E-state index in [2.05, 4.69) is 4.99 Å². The summed E-state index contributed by atoms with van der Waals surface area (Å²) in [6.45, 7) is 3.94. The van der Waals surface area contributed by atoms with Gasteiger partial charge in [-0.1, -0.05) is 35.3 Å². The van der Waals surface area contributed by atoms with Crippen molar-refractivity contribution in [3.8, 4) is 0 Å². The summed E-state index contributed by atoms with van der Waals surface area (Å²) in [5.74, 6) is 0. The molecule has 3 rings (SSSR count). The Morgan fingerprint density at radius 1 is 1.32 bits per heavy atom. The third-order valence-electron chi connectivity index (χ3n) is 4.21. The lowest BCUT2D eigenvalue weighted by molar-refractivity contribution is 0.0407. The van der Waals surface area contributed by atoms with Crippen molar-refractivity contribution in [2.75, 3.05) is 6.67 Å². The van der Waals surface area contributed by atoms with Crippen molar-refractivity contribution in [2.24, 2.45) is 4.99 Å². The van der Waals surface area contributed by atoms with Crippen LogP contribution in [0.15, 0.2) is 47.6 Å². The number of nitrogens with zero attached hydrogens (tertiary/aromatic N) is 2. The van der Waals surface area contributed by atoms with Crippen LogP contribution in [0.1, 0.15) is 34.0 Å². The first kappa shape index (κ1) is 18.4. The fraction of sp³-hybridized carbons (Fsp3) is 0.278. The zero-order chi connectivity index (χ0) is 18.2. The van der Waals surface area contributed by atoms with Gasteiger partial charge in [-0.2, -0.15) is 0 Å². The van der Waals surface area contributed by atoms with Crippen LogP contribution < -0.4 is 0 Å². The van der Waals surface area contributed by atoms with Crippen LogP contribution in [0.5, 0.6) is 0 Å². The molecule has 0 radical (unpaired) electrons. The van der Waals surface area contributed by atoms with Gasteiger partial charge in [0.25, 0.3) is 0 Å². The molecular weight excluding hydrogens is 379 g/mol. The minimum atomic E-state index is -1.21. The van der Waals surface area contributed by atoms with Crippen molar-refractivity contribution in [2.45, 2.75) is 25.7 Å². The smallest absolute Gasteiger partial charge is 0.163 e. The molecule has 2 aromatic rings. The highest BCUT2D eigenvalue weighted by Crippen LogP contribution is 2.39. The number of aliphatic imine (C=N–C) groups is 1. The lowest BCUT2D eigenvalue weighted by Crippen LogP contribution is -2.26. The average Bonchev–Trinajstić information content (AvgIpc) is 2.97. The molecule has 0 unspecified atom stereocenters. The Bertz CT molecular complexity index is 845. The number of aryl methyl sites for hydroxylation is 1. The molecular formula is C18H18Cl2N2O2S. The highest BCUT2D eigenvalue weighted by atomic mass is 35.5. The number of thiophene rings is 1. The number of benzene rings is 1. The topological polar surface area (TPSA) is 56.1 Å². The Labute approximate surface area is 160 Å². The normalized spacial score (nSPS) is 18.0. The predicted molar refractivity (Wildman–Crippen MR) is 103 cm³/mol. The van der Waals surface area contributed by atoms with Crippen LogP contribution in [0.3, 0.4) is 0 Å². The Kier molecular flexibility index (Phi) is 5.23. The van der Waals surface area contributed by atoms with Gasteiger partial charge in [0.05, 0.1) is 4.88 Å². The highest BCUT2D eigenvalue weighted by molar-refractivity contribution is 7.12. The number of hydrogen-bond donors (Lipinski definition) is 2. The van der Waals surface area contributed by atoms with Crippen molar-refractivity contribution in [1.82, 2.24) is 4.90 Å². The molecule has 0 aliphatic carbocycles. The first-order chi connectivity index (χ1) is 11.8. The number of halogens is 2. The number of aliphatic hydroxyl groups excluding tert-OH is 1. The Morgan fingerprint density at radius 2 is 2.08 bits per heavy atom. The summed E-state index contributed by atoms with van der Waals surface area (Å²) in [5, 5.41) is 22.7. The van der Waals surface area contributed by atoms with Gasteiger partial charge in [0, 0.05) is 21.7 Å². The molecule has 1 aliphatic heterocycles. The number of hydrogen-bond acceptors (Lipinski definition) is 5. The maximum atomic E-state index is 11.1. The van der Waals surface area contributed by atoms with E-state index in [1.165, 1.54) is 11.3 Å². The molecule has 2 atom stereocenters. The van der Waals surface area contributed by atoms with Gasteiger partial charge in [-0.05, 0) is 43.7 Å². The second-order valence-electron chi connectivity index (χ2n) is 6.03. The van der Waals surface area contributed by atoms with E-state index in [-0.39, 0.29) is 6.67 Å². The summed E-state index contributed by atoms with van der Waals surface area (Å²) in [6.07, 6.45) is 2.50. The molecule has 132 valence electrons. The molecule has 25 heavy (non-hydrogen) atoms. The summed E-state index contributed by atoms with van der Waals surface area (Å²) >= 11 is 13.3. The molecule has 1 aromatic carbocycles. The Hall–Kier alpha value is -1.37. The number of aliphatic hydroxyl groups is 2. The third-order valence-corrected chi connectivity index (χ3v) is 5.78. The molecule has 4 nitrogen and oxygen atoms in total. The molecule has 0 bridgehead atoms. The minimum Gasteiger partial charge on any atom is -0.381 e. The first-order valence-corrected chi connectivity index (χ1v) is 9.27. The standard InChI is InChI=1S/C18H18Cl2N2O2S/c1-11-14(18(2,24)12-4-3-5-13(19)8-12)9-15(25-11)17(23)22-7-6-16(20)21-10-22/h3-9,17,23-24H,10H2,1-2H3/t17-,18-/m0/s1. The second-order valence-corrected chi connectivity index (χ2v) is 8.14. The predicted octanol–water partition coefficient (Wildman–Crippen LogP) is 4.38. The van der Waals surface area contributed by atoms with Gasteiger partial charge >= 0.3 is 0 Å². The summed E-state index contributed by atoms with van der Waals surface area (Å²) in [7, 11) is 0. The summed E-state index contributed by atoms with van der Waals surface area (Å²) in [6, 6.07) is 9.00. The van der Waals surface area contributed by atoms with Crippen molar-refractivity contribution in [1.29, 1.82) is 0 Å². The van der Waals surface area contributed by atoms with E-state index in [0.717, 1.165) is 15.3 Å². The van der Waals surface area contributed by atoms with Crippen LogP contribution in [0.2, 0.25) is 5.02 Å². The van der Waals surface area contributed by atoms with E-state index < -0.39 is 11.8 Å². The van der Waals surface area contributed by atoms with Crippen LogP contribution >= 0.6 is 34.5 Å². The van der Waals surface area contributed by atoms with E-state index in [1.807, 2.05) is 25.1 Å². The van der Waals surface area contributed by atoms with E-state index in [0.29, 0.717) is 15.8 Å². The van der Waals surface area contributed by atoms with E-state index in [9.17, 15) is 10.2 Å².